The number of aromatic hydroxyl groups is 1. The molecule has 25 heteroatoms. The molecule has 2 amide bonds. The third-order valence-electron chi connectivity index (χ3n) is 19.4. The summed E-state index contributed by atoms with van der Waals surface area (Å²) in [6.07, 6.45) is 5.56. The maximum atomic E-state index is 13.1. The normalized spacial score (nSPS) is 19.2. The number of carbonyl (C=O) groups is 3. The van der Waals surface area contributed by atoms with Crippen LogP contribution in [0, 0.1) is 6.92 Å². The second-order valence-electron chi connectivity index (χ2n) is 28.1. The van der Waals surface area contributed by atoms with Crippen molar-refractivity contribution in [3.05, 3.63) is 126 Å². The number of phenols is 1. The number of amides is 2. The minimum absolute atomic E-state index is 0.0107. The number of hydrogen-bond donors (Lipinski definition) is 1. The van der Waals surface area contributed by atoms with Crippen molar-refractivity contribution in [2.45, 2.75) is 145 Å². The highest BCUT2D eigenvalue weighted by atomic mass is 35.5. The zero-order valence-corrected chi connectivity index (χ0v) is 65.5. The van der Waals surface area contributed by atoms with Gasteiger partial charge in [-0.15, -0.1) is 23.2 Å². The van der Waals surface area contributed by atoms with Gasteiger partial charge < -0.3 is 58.2 Å². The van der Waals surface area contributed by atoms with E-state index in [2.05, 4.69) is 145 Å². The molecule has 6 aliphatic heterocycles. The second-order valence-corrected chi connectivity index (χ2v) is 29.3. The Hall–Kier alpha value is -7.28. The summed E-state index contributed by atoms with van der Waals surface area (Å²) in [5.41, 5.74) is 7.20. The van der Waals surface area contributed by atoms with E-state index in [0.29, 0.717) is 64.5 Å². The van der Waals surface area contributed by atoms with Crippen molar-refractivity contribution < 1.29 is 43.2 Å². The number of allylic oxidation sites excluding steroid dienone is 1. The smallest absolute Gasteiger partial charge is 0.410 e. The first-order chi connectivity index (χ1) is 50.0. The van der Waals surface area contributed by atoms with Crippen LogP contribution in [0.15, 0.2) is 98.1 Å². The highest BCUT2D eigenvalue weighted by Gasteiger charge is 2.39. The van der Waals surface area contributed by atoms with E-state index >= 15 is 0 Å². The molecule has 4 aromatic carbocycles. The number of aromatic nitrogens is 4. The van der Waals surface area contributed by atoms with Gasteiger partial charge in [0.05, 0.1) is 81.5 Å². The van der Waals surface area contributed by atoms with E-state index in [0.717, 1.165) is 156 Å². The molecule has 0 radical (unpaired) electrons. The number of hydrogen-bond acceptors (Lipinski definition) is 20. The number of benzene rings is 4. The Morgan fingerprint density at radius 1 is 0.606 bits per heavy atom. The van der Waals surface area contributed by atoms with Crippen LogP contribution in [0.1, 0.15) is 110 Å². The van der Waals surface area contributed by atoms with Gasteiger partial charge in [-0.25, -0.2) is 4.79 Å². The van der Waals surface area contributed by atoms with Gasteiger partial charge in [0.15, 0.2) is 0 Å². The van der Waals surface area contributed by atoms with Gasteiger partial charge in [0, 0.05) is 130 Å². The zero-order valence-electron chi connectivity index (χ0n) is 63.3. The van der Waals surface area contributed by atoms with Crippen molar-refractivity contribution in [3.8, 4) is 17.8 Å². The number of rotatable bonds is 19. The van der Waals surface area contributed by atoms with E-state index in [1.165, 1.54) is 53.3 Å². The Balaban J connectivity index is 0.000000221. The first-order valence-electron chi connectivity index (χ1n) is 37.0. The van der Waals surface area contributed by atoms with E-state index < -0.39 is 10.8 Å². The number of fused-ring (bicyclic) bond motifs is 4. The number of nitrogens with zero attached hydrogens (tertiary/aromatic N) is 13. The van der Waals surface area contributed by atoms with Gasteiger partial charge in [0.1, 0.15) is 23.0 Å². The summed E-state index contributed by atoms with van der Waals surface area (Å²) in [7, 11) is 0. The summed E-state index contributed by atoms with van der Waals surface area (Å²) >= 11 is 14.2. The Morgan fingerprint density at radius 2 is 1.02 bits per heavy atom. The average molecular weight is 1490 g/mol. The summed E-state index contributed by atoms with van der Waals surface area (Å²) < 4.78 is 29.2. The number of alkyl halides is 2. The van der Waals surface area contributed by atoms with Gasteiger partial charge in [-0.2, -0.15) is 19.9 Å². The van der Waals surface area contributed by atoms with E-state index in [-0.39, 0.29) is 47.3 Å². The summed E-state index contributed by atoms with van der Waals surface area (Å²) in [6, 6.07) is 25.7. The molecule has 568 valence electrons. The van der Waals surface area contributed by atoms with Crippen molar-refractivity contribution in [1.29, 1.82) is 0 Å². The molecule has 4 atom stereocenters. The molecule has 104 heavy (non-hydrogen) atoms. The minimum Gasteiger partial charge on any atom is -0.508 e. The standard InChI is InChI=1S/C36H50N6O4.C33H42N6O4.C6H15N.C3H3ClO.CH2Cl2/c1-25-20-28-10-7-8-11-29(28)32(21-25)40-14-12-30-31(24-40)37-34(45-17-9-13-39-15-18-44-19-16-39)38-33(30)41-22-26(2)42(27(3)23-41)35(43)46-36(4,5)6;1-4-31(41)39-23(2)20-38(21-24(39)3)32-28-10-12-37(30-19-26(40)18-25-8-5-6-9-27(25)30)22-29(28)34-33(35-32)43-15-7-11-36-13-16-42-17-14-36;1-4-7(5-2)6-3;1-2-3(4)5;2-1-3/h7-8,10-11,20-21,26-27H,9,12-19,22-24H2,1-6H3;4-6,8-9,18-19,23-24,40H,1,7,10-17,20-22H2,2-3H3;4-6H2,1-3H3;2H,1H2;1H2/t26-,27+;23-,24+;;;. The molecular weight excluding hydrogens is 1380 g/mol. The molecule has 4 fully saturated rings. The van der Waals surface area contributed by atoms with Crippen molar-refractivity contribution in [2.75, 3.05) is 163 Å². The van der Waals surface area contributed by atoms with Crippen LogP contribution in [0.25, 0.3) is 21.5 Å². The lowest BCUT2D eigenvalue weighted by Gasteiger charge is -2.45. The van der Waals surface area contributed by atoms with E-state index in [1.807, 2.05) is 54.8 Å². The number of aryl methyl sites for hydroxylation is 1. The minimum atomic E-state index is -0.540. The van der Waals surface area contributed by atoms with Gasteiger partial charge in [-0.1, -0.05) is 88.5 Å². The molecule has 0 bridgehead atoms. The summed E-state index contributed by atoms with van der Waals surface area (Å²) in [6.45, 7) is 48.7. The predicted molar refractivity (Wildman–Crippen MR) is 421 cm³/mol. The van der Waals surface area contributed by atoms with Gasteiger partial charge in [-0.3, -0.25) is 24.3 Å². The number of carbonyl (C=O) groups excluding carboxylic acids is 3. The van der Waals surface area contributed by atoms with Crippen LogP contribution in [-0.4, -0.2) is 240 Å². The summed E-state index contributed by atoms with van der Waals surface area (Å²) in [5, 5.41) is 14.8. The SMILES string of the molecule is C=CC(=O)Cl.C=CC(=O)N1[C@H](C)CN(c2nc(OCCCN3CCOCC3)nc3c2CCN(c2cc(O)cc4ccccc24)C3)C[C@@H]1C.CCN(CC)CC.Cc1cc(N2CCc3c(nc(OCCCN4CCOCC4)nc3N3C[C@@H](C)N(C(=O)OC(C)(C)C)[C@@H](C)C3)C2)c2ccccc2c1.ClCCl. The third kappa shape index (κ3) is 23.1. The highest BCUT2D eigenvalue weighted by Crippen LogP contribution is 2.39. The molecule has 0 spiro atoms. The molecule has 0 aliphatic carbocycles. The fraction of sp³-hybridized carbons (Fsp3) is 0.557. The number of phenolic OH excluding ortho intramolecular Hbond substituents is 1. The summed E-state index contributed by atoms with van der Waals surface area (Å²) in [5.74, 6) is 2.05. The lowest BCUT2D eigenvalue weighted by Crippen LogP contribution is -2.60. The molecule has 4 saturated heterocycles. The second kappa shape index (κ2) is 40.4. The van der Waals surface area contributed by atoms with Gasteiger partial charge >= 0.3 is 18.1 Å². The topological polar surface area (TPSA) is 198 Å². The largest absolute Gasteiger partial charge is 0.508 e. The average Bonchev–Trinajstić information content (AvgIpc) is 0.768. The predicted octanol–water partition coefficient (Wildman–Crippen LogP) is 12.8. The van der Waals surface area contributed by atoms with Crippen LogP contribution < -0.4 is 29.1 Å². The van der Waals surface area contributed by atoms with Gasteiger partial charge in [0.2, 0.25) is 11.1 Å². The Kier molecular flexibility index (Phi) is 32.0. The van der Waals surface area contributed by atoms with Crippen molar-refractivity contribution in [3.63, 3.8) is 0 Å². The Labute approximate surface area is 632 Å². The maximum absolute atomic E-state index is 13.1. The molecule has 6 aromatic rings. The maximum Gasteiger partial charge on any atom is 0.410 e. The monoisotopic (exact) mass is 1490 g/mol. The number of anilines is 4. The van der Waals surface area contributed by atoms with Crippen LogP contribution in [0.5, 0.6) is 17.8 Å². The lowest BCUT2D eigenvalue weighted by molar-refractivity contribution is -0.130. The van der Waals surface area contributed by atoms with Crippen LogP contribution in [-0.2, 0) is 49.7 Å². The molecule has 22 nitrogen and oxygen atoms in total. The molecule has 8 heterocycles. The van der Waals surface area contributed by atoms with Crippen LogP contribution in [0.4, 0.5) is 27.8 Å². The molecule has 12 rings (SSSR count). The molecule has 6 aliphatic rings. The molecule has 0 unspecified atom stereocenters. The lowest BCUT2D eigenvalue weighted by atomic mass is 10.00. The van der Waals surface area contributed by atoms with Gasteiger partial charge in [0.25, 0.3) is 0 Å². The summed E-state index contributed by atoms with van der Waals surface area (Å²) in [4.78, 5) is 75.5. The fourth-order valence-electron chi connectivity index (χ4n) is 14.5. The molecule has 0 saturated carbocycles. The number of ether oxygens (including phenoxy) is 5. The fourth-order valence-corrected chi connectivity index (χ4v) is 14.5. The first kappa shape index (κ1) is 82.4. The number of piperazine rings is 2. The quantitative estimate of drug-likeness (QED) is 0.0347. The van der Waals surface area contributed by atoms with Crippen LogP contribution >= 0.6 is 34.8 Å². The molecule has 1 N–H and O–H groups in total. The molecular formula is C79H112Cl3N13O9. The van der Waals surface area contributed by atoms with E-state index in [9.17, 15) is 19.5 Å². The van der Waals surface area contributed by atoms with Crippen LogP contribution in [0.3, 0.4) is 0 Å². The zero-order chi connectivity index (χ0) is 75.0. The van der Waals surface area contributed by atoms with Crippen LogP contribution in [0.2, 0.25) is 0 Å². The highest BCUT2D eigenvalue weighted by molar-refractivity contribution is 6.66. The third-order valence-corrected chi connectivity index (χ3v) is 19.6. The Bertz CT molecular complexity index is 3750. The number of halogens is 3. The van der Waals surface area contributed by atoms with Gasteiger partial charge in [-0.05, 0) is 153 Å². The van der Waals surface area contributed by atoms with Crippen molar-refractivity contribution >= 4 is 96.6 Å². The van der Waals surface area contributed by atoms with Crippen molar-refractivity contribution in [2.24, 2.45) is 0 Å². The first-order valence-corrected chi connectivity index (χ1v) is 38.4. The van der Waals surface area contributed by atoms with E-state index in [4.69, 9.17) is 78.4 Å². The number of morpholine rings is 2. The Morgan fingerprint density at radius 3 is 1.42 bits per heavy atom. The van der Waals surface area contributed by atoms with E-state index in [1.54, 1.807) is 6.07 Å². The molecule has 2 aromatic heterocycles. The van der Waals surface area contributed by atoms with Crippen molar-refractivity contribution in [1.82, 2.24) is 44.4 Å².